The van der Waals surface area contributed by atoms with E-state index in [1.54, 1.807) is 6.20 Å². The van der Waals surface area contributed by atoms with E-state index in [2.05, 4.69) is 28.3 Å². The minimum atomic E-state index is 0.225. The number of allylic oxidation sites excluding steroid dienone is 2. The van der Waals surface area contributed by atoms with E-state index >= 15 is 0 Å². The van der Waals surface area contributed by atoms with Crippen LogP contribution in [0.2, 0.25) is 0 Å². The van der Waals surface area contributed by atoms with Crippen LogP contribution in [0.3, 0.4) is 0 Å². The van der Waals surface area contributed by atoms with Crippen LogP contribution in [-0.4, -0.2) is 39.2 Å². The molecule has 5 nitrogen and oxygen atoms in total. The largest absolute Gasteiger partial charge is 0.312 e. The average Bonchev–Trinajstić information content (AvgIpc) is 3.22. The molecule has 1 aromatic rings. The van der Waals surface area contributed by atoms with Gasteiger partial charge >= 0.3 is 0 Å². The Bertz CT molecular complexity index is 519. The molecule has 2 aliphatic carbocycles. The van der Waals surface area contributed by atoms with Crippen molar-refractivity contribution >= 4 is 5.91 Å². The van der Waals surface area contributed by atoms with Gasteiger partial charge in [0.05, 0.1) is 13.1 Å². The summed E-state index contributed by atoms with van der Waals surface area (Å²) in [6.07, 6.45) is 13.0. The van der Waals surface area contributed by atoms with Crippen molar-refractivity contribution in [2.45, 2.75) is 64.1 Å². The van der Waals surface area contributed by atoms with E-state index in [9.17, 15) is 4.79 Å². The summed E-state index contributed by atoms with van der Waals surface area (Å²) in [5.41, 5.74) is 1.26. The Kier molecular flexibility index (Phi) is 4.93. The summed E-state index contributed by atoms with van der Waals surface area (Å²) < 4.78 is 1.89. The van der Waals surface area contributed by atoms with E-state index < -0.39 is 0 Å². The maximum Gasteiger partial charge on any atom is 0.240 e. The van der Waals surface area contributed by atoms with E-state index in [1.165, 1.54) is 18.5 Å². The highest BCUT2D eigenvalue weighted by molar-refractivity contribution is 5.80. The number of nitrogens with zero attached hydrogens (tertiary/aromatic N) is 3. The standard InChI is InChI=1S/C17H26N4O/c1-14(13-20-11-5-10-19-20)18-12-17(22)21(16-8-9-16)15-6-3-2-4-7-15/h5-6,10-11,14,16,18H,2-4,7-9,12-13H2,1H3/t14-/m0/s1. The Hall–Kier alpha value is -1.62. The van der Waals surface area contributed by atoms with Crippen LogP contribution in [0.1, 0.15) is 45.4 Å². The van der Waals surface area contributed by atoms with Crippen molar-refractivity contribution in [2.75, 3.05) is 6.54 Å². The second-order valence-corrected chi connectivity index (χ2v) is 6.45. The van der Waals surface area contributed by atoms with E-state index in [0.29, 0.717) is 12.6 Å². The molecule has 1 amide bonds. The molecule has 0 radical (unpaired) electrons. The van der Waals surface area contributed by atoms with Crippen molar-refractivity contribution in [3.8, 4) is 0 Å². The number of hydrogen-bond donors (Lipinski definition) is 1. The van der Waals surface area contributed by atoms with Gasteiger partial charge in [0.15, 0.2) is 0 Å². The van der Waals surface area contributed by atoms with Gasteiger partial charge in [-0.05, 0) is 51.5 Å². The summed E-state index contributed by atoms with van der Waals surface area (Å²) in [5, 5.41) is 7.55. The van der Waals surface area contributed by atoms with E-state index in [0.717, 1.165) is 32.2 Å². The van der Waals surface area contributed by atoms with Crippen molar-refractivity contribution in [3.05, 3.63) is 30.2 Å². The molecule has 0 aliphatic heterocycles. The Labute approximate surface area is 132 Å². The Balaban J connectivity index is 1.52. The zero-order chi connectivity index (χ0) is 15.4. The Morgan fingerprint density at radius 1 is 1.50 bits per heavy atom. The van der Waals surface area contributed by atoms with Crippen molar-refractivity contribution < 1.29 is 4.79 Å². The number of aromatic nitrogens is 2. The van der Waals surface area contributed by atoms with Crippen molar-refractivity contribution in [3.63, 3.8) is 0 Å². The lowest BCUT2D eigenvalue weighted by Gasteiger charge is -2.28. The first kappa shape index (κ1) is 15.3. The van der Waals surface area contributed by atoms with Crippen molar-refractivity contribution in [2.24, 2.45) is 0 Å². The lowest BCUT2D eigenvalue weighted by Crippen LogP contribution is -2.43. The molecular formula is C17H26N4O. The quantitative estimate of drug-likeness (QED) is 0.841. The SMILES string of the molecule is C[C@@H](Cn1cccn1)NCC(=O)N(C1=CCCCC1)C1CC1. The Morgan fingerprint density at radius 2 is 2.36 bits per heavy atom. The van der Waals surface area contributed by atoms with Gasteiger partial charge in [-0.3, -0.25) is 9.48 Å². The average molecular weight is 302 g/mol. The number of amides is 1. The van der Waals surface area contributed by atoms with Crippen molar-refractivity contribution in [1.29, 1.82) is 0 Å². The number of carbonyl (C=O) groups is 1. The molecule has 3 rings (SSSR count). The smallest absolute Gasteiger partial charge is 0.240 e. The molecule has 0 spiro atoms. The first-order chi connectivity index (χ1) is 10.7. The van der Waals surface area contributed by atoms with Crippen LogP contribution in [0.4, 0.5) is 0 Å². The predicted octanol–water partition coefficient (Wildman–Crippen LogP) is 2.31. The second-order valence-electron chi connectivity index (χ2n) is 6.45. The molecule has 0 saturated heterocycles. The molecule has 1 saturated carbocycles. The number of hydrogen-bond acceptors (Lipinski definition) is 3. The highest BCUT2D eigenvalue weighted by Crippen LogP contribution is 2.33. The molecule has 0 bridgehead atoms. The molecule has 22 heavy (non-hydrogen) atoms. The third-order valence-corrected chi connectivity index (χ3v) is 4.38. The van der Waals surface area contributed by atoms with E-state index in [-0.39, 0.29) is 11.9 Å². The lowest BCUT2D eigenvalue weighted by molar-refractivity contribution is -0.129. The molecule has 0 aromatic carbocycles. The summed E-state index contributed by atoms with van der Waals surface area (Å²) in [6, 6.07) is 2.60. The summed E-state index contributed by atoms with van der Waals surface area (Å²) in [6.45, 7) is 3.29. The summed E-state index contributed by atoms with van der Waals surface area (Å²) in [4.78, 5) is 14.7. The normalized spacial score (nSPS) is 19.6. The highest BCUT2D eigenvalue weighted by Gasteiger charge is 2.34. The third kappa shape index (κ3) is 3.97. The minimum absolute atomic E-state index is 0.225. The van der Waals surface area contributed by atoms with Crippen LogP contribution in [0.15, 0.2) is 30.2 Å². The van der Waals surface area contributed by atoms with Crippen LogP contribution in [-0.2, 0) is 11.3 Å². The van der Waals surface area contributed by atoms with Crippen LogP contribution < -0.4 is 5.32 Å². The second kappa shape index (κ2) is 7.09. The zero-order valence-corrected chi connectivity index (χ0v) is 13.4. The topological polar surface area (TPSA) is 50.2 Å². The van der Waals surface area contributed by atoms with Crippen LogP contribution in [0.5, 0.6) is 0 Å². The fourth-order valence-electron chi connectivity index (χ4n) is 3.07. The fourth-order valence-corrected chi connectivity index (χ4v) is 3.07. The monoisotopic (exact) mass is 302 g/mol. The maximum atomic E-state index is 12.6. The van der Waals surface area contributed by atoms with Crippen LogP contribution in [0.25, 0.3) is 0 Å². The molecule has 0 unspecified atom stereocenters. The molecular weight excluding hydrogens is 276 g/mol. The van der Waals surface area contributed by atoms with Crippen LogP contribution >= 0.6 is 0 Å². The minimum Gasteiger partial charge on any atom is -0.312 e. The summed E-state index contributed by atoms with van der Waals surface area (Å²) in [5.74, 6) is 0.225. The number of nitrogens with one attached hydrogen (secondary N) is 1. The first-order valence-electron chi connectivity index (χ1n) is 8.46. The van der Waals surface area contributed by atoms with E-state index in [4.69, 9.17) is 0 Å². The van der Waals surface area contributed by atoms with Gasteiger partial charge in [0.25, 0.3) is 0 Å². The lowest BCUT2D eigenvalue weighted by atomic mass is 10.0. The van der Waals surface area contributed by atoms with Gasteiger partial charge in [0.1, 0.15) is 0 Å². The van der Waals surface area contributed by atoms with Crippen LogP contribution in [0, 0.1) is 0 Å². The number of rotatable bonds is 7. The zero-order valence-electron chi connectivity index (χ0n) is 13.4. The van der Waals surface area contributed by atoms with E-state index in [1.807, 2.05) is 16.9 Å². The van der Waals surface area contributed by atoms with Gasteiger partial charge in [-0.1, -0.05) is 6.08 Å². The fraction of sp³-hybridized carbons (Fsp3) is 0.647. The molecule has 5 heteroatoms. The molecule has 1 fully saturated rings. The molecule has 1 N–H and O–H groups in total. The first-order valence-corrected chi connectivity index (χ1v) is 8.46. The van der Waals surface area contributed by atoms with Gasteiger partial charge < -0.3 is 10.2 Å². The Morgan fingerprint density at radius 3 is 3.00 bits per heavy atom. The van der Waals surface area contributed by atoms with Gasteiger partial charge in [-0.15, -0.1) is 0 Å². The maximum absolute atomic E-state index is 12.6. The third-order valence-electron chi connectivity index (χ3n) is 4.38. The summed E-state index contributed by atoms with van der Waals surface area (Å²) >= 11 is 0. The summed E-state index contributed by atoms with van der Waals surface area (Å²) in [7, 11) is 0. The predicted molar refractivity (Wildman–Crippen MR) is 86.1 cm³/mol. The van der Waals surface area contributed by atoms with Gasteiger partial charge in [0.2, 0.25) is 5.91 Å². The van der Waals surface area contributed by atoms with Gasteiger partial charge in [0, 0.05) is 30.2 Å². The van der Waals surface area contributed by atoms with Gasteiger partial charge in [-0.25, -0.2) is 0 Å². The molecule has 1 atom stereocenters. The molecule has 120 valence electrons. The molecule has 1 heterocycles. The number of carbonyl (C=O) groups excluding carboxylic acids is 1. The molecule has 1 aromatic heterocycles. The van der Waals surface area contributed by atoms with Gasteiger partial charge in [-0.2, -0.15) is 5.10 Å². The highest BCUT2D eigenvalue weighted by atomic mass is 16.2. The molecule has 2 aliphatic rings. The van der Waals surface area contributed by atoms with Crippen molar-refractivity contribution in [1.82, 2.24) is 20.0 Å².